The van der Waals surface area contributed by atoms with E-state index in [0.29, 0.717) is 23.5 Å². The van der Waals surface area contributed by atoms with Crippen LogP contribution in [0.5, 0.6) is 0 Å². The van der Waals surface area contributed by atoms with Crippen molar-refractivity contribution in [2.75, 3.05) is 19.6 Å². The summed E-state index contributed by atoms with van der Waals surface area (Å²) in [6, 6.07) is 6.08. The number of pyridine rings is 3. The zero-order chi connectivity index (χ0) is 21.1. The van der Waals surface area contributed by atoms with Gasteiger partial charge < -0.3 is 9.47 Å². The first kappa shape index (κ1) is 20.9. The van der Waals surface area contributed by atoms with Crippen LogP contribution in [0, 0.1) is 17.6 Å². The van der Waals surface area contributed by atoms with Crippen LogP contribution in [-0.2, 0) is 13.0 Å². The van der Waals surface area contributed by atoms with Crippen LogP contribution in [0.1, 0.15) is 25.0 Å². The van der Waals surface area contributed by atoms with Crippen molar-refractivity contribution in [2.45, 2.75) is 32.2 Å². The summed E-state index contributed by atoms with van der Waals surface area (Å²) in [5.41, 5.74) is 1.82. The number of hydrogen-bond acceptors (Lipinski definition) is 4. The quantitative estimate of drug-likeness (QED) is 0.589. The summed E-state index contributed by atoms with van der Waals surface area (Å²) in [4.78, 5) is 22.8. The van der Waals surface area contributed by atoms with Crippen LogP contribution in [0.4, 0.5) is 8.78 Å². The largest absolute Gasteiger partial charge is 0.305 e. The fraction of sp³-hybridized carbons (Fsp3) is 0.409. The minimum atomic E-state index is -0.488. The van der Waals surface area contributed by atoms with E-state index in [-0.39, 0.29) is 10.6 Å². The van der Waals surface area contributed by atoms with Crippen molar-refractivity contribution in [3.63, 3.8) is 0 Å². The molecule has 0 atom stereocenters. The van der Waals surface area contributed by atoms with Gasteiger partial charge in [0.1, 0.15) is 5.82 Å². The van der Waals surface area contributed by atoms with Crippen molar-refractivity contribution in [2.24, 2.45) is 5.92 Å². The molecule has 0 N–H and O–H groups in total. The van der Waals surface area contributed by atoms with Gasteiger partial charge in [0.2, 0.25) is 0 Å². The van der Waals surface area contributed by atoms with E-state index in [1.807, 2.05) is 0 Å². The molecule has 30 heavy (non-hydrogen) atoms. The number of rotatable bonds is 6. The fourth-order valence-corrected chi connectivity index (χ4v) is 4.23. The van der Waals surface area contributed by atoms with Crippen LogP contribution in [0.2, 0.25) is 5.02 Å². The predicted octanol–water partition coefficient (Wildman–Crippen LogP) is 4.07. The van der Waals surface area contributed by atoms with Gasteiger partial charge in [0.05, 0.1) is 28.4 Å². The van der Waals surface area contributed by atoms with Crippen LogP contribution in [0.25, 0.3) is 11.0 Å². The molecule has 8 heteroatoms. The van der Waals surface area contributed by atoms with Gasteiger partial charge in [0.25, 0.3) is 5.56 Å². The molecule has 1 saturated heterocycles. The first-order valence-electron chi connectivity index (χ1n) is 10.2. The van der Waals surface area contributed by atoms with E-state index in [2.05, 4.69) is 14.9 Å². The van der Waals surface area contributed by atoms with Gasteiger partial charge in [-0.1, -0.05) is 11.6 Å². The zero-order valence-corrected chi connectivity index (χ0v) is 17.3. The number of halogens is 3. The Morgan fingerprint density at radius 3 is 2.63 bits per heavy atom. The van der Waals surface area contributed by atoms with Crippen LogP contribution >= 0.6 is 11.6 Å². The van der Waals surface area contributed by atoms with E-state index < -0.39 is 11.6 Å². The topological polar surface area (TPSA) is 51.0 Å². The average Bonchev–Trinajstić information content (AvgIpc) is 2.74. The predicted molar refractivity (Wildman–Crippen MR) is 113 cm³/mol. The van der Waals surface area contributed by atoms with Crippen molar-refractivity contribution < 1.29 is 8.78 Å². The maximum Gasteiger partial charge on any atom is 0.251 e. The Kier molecular flexibility index (Phi) is 6.39. The Hall–Kier alpha value is -2.38. The van der Waals surface area contributed by atoms with E-state index in [1.54, 1.807) is 16.7 Å². The molecule has 0 amide bonds. The lowest BCUT2D eigenvalue weighted by molar-refractivity contribution is 0.174. The third kappa shape index (κ3) is 4.84. The summed E-state index contributed by atoms with van der Waals surface area (Å²) >= 11 is 5.83. The molecule has 158 valence electrons. The van der Waals surface area contributed by atoms with Gasteiger partial charge in [0, 0.05) is 30.9 Å². The van der Waals surface area contributed by atoms with E-state index in [9.17, 15) is 13.6 Å². The van der Waals surface area contributed by atoms with Crippen LogP contribution < -0.4 is 5.56 Å². The van der Waals surface area contributed by atoms with Crippen molar-refractivity contribution in [3.8, 4) is 0 Å². The lowest BCUT2D eigenvalue weighted by Crippen LogP contribution is -2.37. The first-order valence-corrected chi connectivity index (χ1v) is 10.5. The summed E-state index contributed by atoms with van der Waals surface area (Å²) in [6.07, 6.45) is 6.25. The summed E-state index contributed by atoms with van der Waals surface area (Å²) in [7, 11) is 0. The fourth-order valence-electron chi connectivity index (χ4n) is 4.06. The SMILES string of the molecule is O=c1ccc2ncc(F)cc2n1CCN1CCC(CCc2cc(Cl)c(F)cn2)CC1. The van der Waals surface area contributed by atoms with Gasteiger partial charge in [-0.2, -0.15) is 0 Å². The van der Waals surface area contributed by atoms with Crippen LogP contribution in [0.3, 0.4) is 0 Å². The number of aromatic nitrogens is 3. The molecular formula is C22H23ClF2N4O. The Bertz CT molecular complexity index is 1100. The van der Waals surface area contributed by atoms with Crippen molar-refractivity contribution in [1.82, 2.24) is 19.4 Å². The first-order chi connectivity index (χ1) is 14.5. The molecule has 0 aliphatic carbocycles. The Morgan fingerprint density at radius 1 is 1.07 bits per heavy atom. The molecule has 5 nitrogen and oxygen atoms in total. The summed E-state index contributed by atoms with van der Waals surface area (Å²) < 4.78 is 28.4. The summed E-state index contributed by atoms with van der Waals surface area (Å²) in [5, 5.41) is 0.119. The monoisotopic (exact) mass is 432 g/mol. The van der Waals surface area contributed by atoms with E-state index in [4.69, 9.17) is 11.6 Å². The number of likely N-dealkylation sites (tertiary alicyclic amines) is 1. The van der Waals surface area contributed by atoms with Gasteiger partial charge >= 0.3 is 0 Å². The standard InChI is InChI=1S/C22H23ClF2N4O/c23-18-12-17(26-14-19(18)25)2-1-15-5-7-28(8-6-15)9-10-29-21-11-16(24)13-27-20(21)3-4-22(29)30/h3-4,11-15H,1-2,5-10H2. The maximum atomic E-state index is 13.6. The molecule has 0 spiro atoms. The smallest absolute Gasteiger partial charge is 0.251 e. The molecule has 0 aromatic carbocycles. The van der Waals surface area contributed by atoms with Gasteiger partial charge in [-0.25, -0.2) is 8.78 Å². The maximum absolute atomic E-state index is 13.6. The van der Waals surface area contributed by atoms with Gasteiger partial charge in [-0.05, 0) is 56.8 Å². The van der Waals surface area contributed by atoms with Crippen LogP contribution in [0.15, 0.2) is 41.5 Å². The van der Waals surface area contributed by atoms with E-state index >= 15 is 0 Å². The zero-order valence-electron chi connectivity index (χ0n) is 16.5. The average molecular weight is 433 g/mol. The normalized spacial score (nSPS) is 15.7. The van der Waals surface area contributed by atoms with Gasteiger partial charge in [-0.3, -0.25) is 14.8 Å². The molecule has 3 aromatic heterocycles. The Balaban J connectivity index is 1.30. The molecule has 1 fully saturated rings. The Labute approximate surface area is 178 Å². The summed E-state index contributed by atoms with van der Waals surface area (Å²) in [6.45, 7) is 3.14. The minimum Gasteiger partial charge on any atom is -0.305 e. The molecule has 3 aromatic rings. The van der Waals surface area contributed by atoms with Crippen molar-refractivity contribution >= 4 is 22.6 Å². The Morgan fingerprint density at radius 2 is 1.87 bits per heavy atom. The number of fused-ring (bicyclic) bond motifs is 1. The van der Waals surface area contributed by atoms with E-state index in [1.165, 1.54) is 18.3 Å². The molecule has 4 heterocycles. The minimum absolute atomic E-state index is 0.119. The molecule has 4 rings (SSSR count). The number of piperidine rings is 1. The molecule has 1 aliphatic rings. The molecule has 0 saturated carbocycles. The van der Waals surface area contributed by atoms with Crippen molar-refractivity contribution in [1.29, 1.82) is 0 Å². The number of aryl methyl sites for hydroxylation is 1. The summed E-state index contributed by atoms with van der Waals surface area (Å²) in [5.74, 6) is -0.345. The molecular weight excluding hydrogens is 410 g/mol. The van der Waals surface area contributed by atoms with Crippen molar-refractivity contribution in [3.05, 3.63) is 69.4 Å². The highest BCUT2D eigenvalue weighted by Crippen LogP contribution is 2.23. The van der Waals surface area contributed by atoms with Crippen LogP contribution in [-0.4, -0.2) is 39.1 Å². The second-order valence-corrected chi connectivity index (χ2v) is 8.20. The lowest BCUT2D eigenvalue weighted by atomic mass is 9.91. The molecule has 1 aliphatic heterocycles. The third-order valence-corrected chi connectivity index (χ3v) is 6.12. The molecule has 0 unspecified atom stereocenters. The van der Waals surface area contributed by atoms with E-state index in [0.717, 1.165) is 57.2 Å². The lowest BCUT2D eigenvalue weighted by Gasteiger charge is -2.32. The second kappa shape index (κ2) is 9.18. The highest BCUT2D eigenvalue weighted by molar-refractivity contribution is 6.30. The van der Waals surface area contributed by atoms with Gasteiger partial charge in [-0.15, -0.1) is 0 Å². The second-order valence-electron chi connectivity index (χ2n) is 7.79. The number of nitrogens with zero attached hydrogens (tertiary/aromatic N) is 4. The van der Waals surface area contributed by atoms with Gasteiger partial charge in [0.15, 0.2) is 5.82 Å². The molecule has 0 radical (unpaired) electrons. The third-order valence-electron chi connectivity index (χ3n) is 5.83. The number of hydrogen-bond donors (Lipinski definition) is 0. The highest BCUT2D eigenvalue weighted by Gasteiger charge is 2.19. The highest BCUT2D eigenvalue weighted by atomic mass is 35.5. The molecule has 0 bridgehead atoms.